The van der Waals surface area contributed by atoms with E-state index in [1.807, 2.05) is 6.92 Å². The Morgan fingerprint density at radius 1 is 0.826 bits per heavy atom. The summed E-state index contributed by atoms with van der Waals surface area (Å²) in [7, 11) is -3.30. The van der Waals surface area contributed by atoms with Crippen LogP contribution in [0, 0.1) is 29.1 Å². The molecule has 1 aromatic rings. The van der Waals surface area contributed by atoms with Crippen LogP contribution in [0.5, 0.6) is 0 Å². The first-order valence-corrected chi connectivity index (χ1v) is 10.8. The Bertz CT molecular complexity index is 519. The summed E-state index contributed by atoms with van der Waals surface area (Å²) < 4.78 is 73.8. The van der Waals surface area contributed by atoms with Gasteiger partial charge in [0.2, 0.25) is 14.1 Å². The van der Waals surface area contributed by atoms with E-state index in [2.05, 4.69) is 6.92 Å². The molecule has 7 heteroatoms. The SMILES string of the molecule is CCCCCC(CC)O[Si](C)(C)c1c(F)c(F)c(F)c(F)c1F. The van der Waals surface area contributed by atoms with Crippen LogP contribution in [0.2, 0.25) is 13.1 Å². The third-order valence-corrected chi connectivity index (χ3v) is 6.42. The summed E-state index contributed by atoms with van der Waals surface area (Å²) in [6, 6.07) is 0. The highest BCUT2D eigenvalue weighted by molar-refractivity contribution is 6.84. The molecule has 1 rings (SSSR count). The van der Waals surface area contributed by atoms with Gasteiger partial charge in [0, 0.05) is 11.3 Å². The van der Waals surface area contributed by atoms with E-state index in [9.17, 15) is 22.0 Å². The predicted molar refractivity (Wildman–Crippen MR) is 82.7 cm³/mol. The van der Waals surface area contributed by atoms with Gasteiger partial charge >= 0.3 is 0 Å². The topological polar surface area (TPSA) is 9.23 Å². The van der Waals surface area contributed by atoms with Gasteiger partial charge in [-0.2, -0.15) is 0 Å². The lowest BCUT2D eigenvalue weighted by atomic mass is 10.1. The minimum absolute atomic E-state index is 0.252. The fraction of sp³-hybridized carbons (Fsp3) is 0.625. The van der Waals surface area contributed by atoms with Gasteiger partial charge in [0.25, 0.3) is 0 Å². The van der Waals surface area contributed by atoms with Crippen molar-refractivity contribution < 1.29 is 26.4 Å². The van der Waals surface area contributed by atoms with Crippen LogP contribution < -0.4 is 5.19 Å². The first-order valence-electron chi connectivity index (χ1n) is 7.87. The van der Waals surface area contributed by atoms with E-state index in [0.29, 0.717) is 12.8 Å². The fourth-order valence-corrected chi connectivity index (χ4v) is 5.09. The van der Waals surface area contributed by atoms with Crippen molar-refractivity contribution in [3.63, 3.8) is 0 Å². The Balaban J connectivity index is 3.12. The zero-order valence-electron chi connectivity index (χ0n) is 13.9. The Morgan fingerprint density at radius 3 is 1.74 bits per heavy atom. The monoisotopic (exact) mass is 354 g/mol. The lowest BCUT2D eigenvalue weighted by molar-refractivity contribution is 0.177. The average Bonchev–Trinajstić information content (AvgIpc) is 2.50. The van der Waals surface area contributed by atoms with E-state index in [1.165, 1.54) is 13.1 Å². The van der Waals surface area contributed by atoms with Crippen LogP contribution >= 0.6 is 0 Å². The quantitative estimate of drug-likeness (QED) is 0.206. The number of rotatable bonds is 8. The first kappa shape index (κ1) is 20.1. The number of unbranched alkanes of at least 4 members (excludes halogenated alkanes) is 2. The summed E-state index contributed by atoms with van der Waals surface area (Å²) in [4.78, 5) is 0. The summed E-state index contributed by atoms with van der Waals surface area (Å²) in [6.45, 7) is 6.83. The molecule has 132 valence electrons. The van der Waals surface area contributed by atoms with E-state index >= 15 is 0 Å². The third kappa shape index (κ3) is 4.53. The maximum absolute atomic E-state index is 14.0. The lowest BCUT2D eigenvalue weighted by Crippen LogP contribution is -2.51. The molecule has 0 aliphatic carbocycles. The van der Waals surface area contributed by atoms with Gasteiger partial charge in [0.15, 0.2) is 23.3 Å². The molecule has 0 saturated carbocycles. The van der Waals surface area contributed by atoms with E-state index in [0.717, 1.165) is 19.3 Å². The predicted octanol–water partition coefficient (Wildman–Crippen LogP) is 5.17. The molecule has 0 bridgehead atoms. The molecule has 0 aliphatic heterocycles. The Morgan fingerprint density at radius 2 is 1.30 bits per heavy atom. The smallest absolute Gasteiger partial charge is 0.225 e. The van der Waals surface area contributed by atoms with Gasteiger partial charge in [-0.1, -0.05) is 33.1 Å². The molecule has 0 heterocycles. The van der Waals surface area contributed by atoms with Crippen molar-refractivity contribution in [1.29, 1.82) is 0 Å². The maximum Gasteiger partial charge on any atom is 0.225 e. The lowest BCUT2D eigenvalue weighted by Gasteiger charge is -2.30. The normalized spacial score (nSPS) is 13.4. The van der Waals surface area contributed by atoms with Gasteiger partial charge in [-0.3, -0.25) is 0 Å². The van der Waals surface area contributed by atoms with Gasteiger partial charge in [0.05, 0.1) is 0 Å². The average molecular weight is 354 g/mol. The largest absolute Gasteiger partial charge is 0.410 e. The van der Waals surface area contributed by atoms with E-state index < -0.39 is 42.6 Å². The highest BCUT2D eigenvalue weighted by atomic mass is 28.4. The zero-order valence-corrected chi connectivity index (χ0v) is 14.9. The molecular formula is C16H23F5OSi. The number of hydrogen-bond donors (Lipinski definition) is 0. The van der Waals surface area contributed by atoms with Gasteiger partial charge in [0.1, 0.15) is 0 Å². The summed E-state index contributed by atoms with van der Waals surface area (Å²) in [5.41, 5.74) is 0. The van der Waals surface area contributed by atoms with Crippen molar-refractivity contribution in [2.75, 3.05) is 0 Å². The number of hydrogen-bond acceptors (Lipinski definition) is 1. The van der Waals surface area contributed by atoms with Crippen LogP contribution in [0.3, 0.4) is 0 Å². The number of halogens is 5. The van der Waals surface area contributed by atoms with Crippen LogP contribution in [-0.2, 0) is 4.43 Å². The summed E-state index contributed by atoms with van der Waals surface area (Å²) in [5, 5.41) is -0.789. The summed E-state index contributed by atoms with van der Waals surface area (Å²) in [6.07, 6.45) is 4.00. The van der Waals surface area contributed by atoms with Gasteiger partial charge in [-0.25, -0.2) is 22.0 Å². The molecule has 0 aromatic heterocycles. The second kappa shape index (κ2) is 8.24. The highest BCUT2D eigenvalue weighted by Crippen LogP contribution is 2.23. The first-order chi connectivity index (χ1) is 10.7. The van der Waals surface area contributed by atoms with Gasteiger partial charge in [-0.15, -0.1) is 0 Å². The van der Waals surface area contributed by atoms with Crippen LogP contribution in [0.15, 0.2) is 0 Å². The van der Waals surface area contributed by atoms with E-state index in [4.69, 9.17) is 4.43 Å². The molecule has 0 saturated heterocycles. The van der Waals surface area contributed by atoms with E-state index in [1.54, 1.807) is 0 Å². The van der Waals surface area contributed by atoms with Crippen molar-refractivity contribution in [3.8, 4) is 0 Å². The molecule has 0 aliphatic rings. The number of benzene rings is 1. The van der Waals surface area contributed by atoms with Gasteiger partial charge < -0.3 is 4.43 Å². The molecular weight excluding hydrogens is 331 g/mol. The van der Waals surface area contributed by atoms with Crippen LogP contribution in [0.1, 0.15) is 46.0 Å². The highest BCUT2D eigenvalue weighted by Gasteiger charge is 2.39. The van der Waals surface area contributed by atoms with Gasteiger partial charge in [-0.05, 0) is 25.9 Å². The van der Waals surface area contributed by atoms with Crippen molar-refractivity contribution in [1.82, 2.24) is 0 Å². The van der Waals surface area contributed by atoms with Crippen LogP contribution in [0.4, 0.5) is 22.0 Å². The fourth-order valence-electron chi connectivity index (χ4n) is 2.58. The van der Waals surface area contributed by atoms with Crippen LogP contribution in [-0.4, -0.2) is 14.4 Å². The summed E-state index contributed by atoms with van der Waals surface area (Å²) in [5.74, 6) is -9.52. The third-order valence-electron chi connectivity index (χ3n) is 3.86. The molecule has 23 heavy (non-hydrogen) atoms. The molecule has 0 fully saturated rings. The Kier molecular flexibility index (Phi) is 7.19. The van der Waals surface area contributed by atoms with Crippen molar-refractivity contribution >= 4 is 13.5 Å². The summed E-state index contributed by atoms with van der Waals surface area (Å²) >= 11 is 0. The molecule has 0 radical (unpaired) electrons. The maximum atomic E-state index is 14.0. The zero-order chi connectivity index (χ0) is 17.8. The molecule has 1 aromatic carbocycles. The Labute approximate surface area is 135 Å². The molecule has 0 amide bonds. The minimum atomic E-state index is -3.30. The molecule has 1 nitrogen and oxygen atoms in total. The van der Waals surface area contributed by atoms with Crippen molar-refractivity contribution in [2.24, 2.45) is 0 Å². The molecule has 0 spiro atoms. The molecule has 1 unspecified atom stereocenters. The second-order valence-corrected chi connectivity index (χ2v) is 9.86. The van der Waals surface area contributed by atoms with Crippen molar-refractivity contribution in [3.05, 3.63) is 29.1 Å². The Hall–Kier alpha value is -0.953. The second-order valence-electron chi connectivity index (χ2n) is 6.10. The van der Waals surface area contributed by atoms with Crippen LogP contribution in [0.25, 0.3) is 0 Å². The minimum Gasteiger partial charge on any atom is -0.410 e. The standard InChI is InChI=1S/C16H23F5OSi/c1-5-7-8-9-10(6-2)22-23(3,4)16-14(20)12(18)11(17)13(19)15(16)21/h10H,5-9H2,1-4H3. The van der Waals surface area contributed by atoms with Crippen molar-refractivity contribution in [2.45, 2.75) is 65.1 Å². The molecule has 1 atom stereocenters. The molecule has 0 N–H and O–H groups in total. The van der Waals surface area contributed by atoms with E-state index in [-0.39, 0.29) is 6.10 Å².